The summed E-state index contributed by atoms with van der Waals surface area (Å²) in [5.41, 5.74) is 1.78. The van der Waals surface area contributed by atoms with Crippen LogP contribution in [0, 0.1) is 11.3 Å². The number of amides is 1. The number of nitriles is 1. The lowest BCUT2D eigenvalue weighted by molar-refractivity contribution is -0.121. The van der Waals surface area contributed by atoms with Gasteiger partial charge in [0.1, 0.15) is 5.69 Å². The summed E-state index contributed by atoms with van der Waals surface area (Å²) in [7, 11) is 1.61. The number of anilines is 1. The van der Waals surface area contributed by atoms with Gasteiger partial charge in [-0.15, -0.1) is 0 Å². The van der Waals surface area contributed by atoms with E-state index in [1.54, 1.807) is 7.11 Å². The van der Waals surface area contributed by atoms with Crippen LogP contribution in [-0.2, 0) is 14.3 Å². The quantitative estimate of drug-likeness (QED) is 0.713. The summed E-state index contributed by atoms with van der Waals surface area (Å²) in [5.74, 6) is -0.841. The summed E-state index contributed by atoms with van der Waals surface area (Å²) in [6, 6.07) is 9.61. The number of rotatable bonds is 7. The van der Waals surface area contributed by atoms with Crippen molar-refractivity contribution in [2.24, 2.45) is 0 Å². The molecule has 0 bridgehead atoms. The zero-order valence-corrected chi connectivity index (χ0v) is 17.1. The van der Waals surface area contributed by atoms with Gasteiger partial charge in [0, 0.05) is 33.4 Å². The van der Waals surface area contributed by atoms with Gasteiger partial charge in [-0.1, -0.05) is 12.1 Å². The number of methoxy groups -OCH3 is 1. The average molecular weight is 397 g/mol. The summed E-state index contributed by atoms with van der Waals surface area (Å²) in [6.07, 6.45) is 0.710. The number of nitrogens with zero attached hydrogens (tertiary/aromatic N) is 4. The minimum atomic E-state index is -1.04. The Morgan fingerprint density at radius 2 is 1.97 bits per heavy atom. The van der Waals surface area contributed by atoms with Crippen molar-refractivity contribution in [1.82, 2.24) is 15.3 Å². The van der Waals surface area contributed by atoms with E-state index in [0.717, 1.165) is 5.52 Å². The van der Waals surface area contributed by atoms with Crippen molar-refractivity contribution in [3.05, 3.63) is 30.0 Å². The van der Waals surface area contributed by atoms with Crippen molar-refractivity contribution in [2.45, 2.75) is 38.4 Å². The second kappa shape index (κ2) is 9.63. The monoisotopic (exact) mass is 397 g/mol. The highest BCUT2D eigenvalue weighted by atomic mass is 16.5. The molecule has 154 valence electrons. The summed E-state index contributed by atoms with van der Waals surface area (Å²) < 4.78 is 10.8. The lowest BCUT2D eigenvalue weighted by Crippen LogP contribution is -2.46. The van der Waals surface area contributed by atoms with E-state index in [9.17, 15) is 10.1 Å². The molecule has 3 atom stereocenters. The van der Waals surface area contributed by atoms with E-state index < -0.39 is 5.92 Å². The maximum Gasteiger partial charge on any atom is 0.243 e. The molecule has 0 radical (unpaired) electrons. The molecule has 1 fully saturated rings. The van der Waals surface area contributed by atoms with Gasteiger partial charge < -0.3 is 19.7 Å². The van der Waals surface area contributed by atoms with Crippen LogP contribution in [0.3, 0.4) is 0 Å². The van der Waals surface area contributed by atoms with Gasteiger partial charge in [-0.3, -0.25) is 4.79 Å². The van der Waals surface area contributed by atoms with Crippen LogP contribution in [0.15, 0.2) is 24.3 Å². The molecule has 1 aromatic carbocycles. The fraction of sp³-hybridized carbons (Fsp3) is 0.524. The fourth-order valence-electron chi connectivity index (χ4n) is 3.56. The normalized spacial score (nSPS) is 20.3. The summed E-state index contributed by atoms with van der Waals surface area (Å²) in [5, 5.41) is 12.6. The van der Waals surface area contributed by atoms with Gasteiger partial charge >= 0.3 is 0 Å². The number of hydrogen-bond donors (Lipinski definition) is 1. The lowest BCUT2D eigenvalue weighted by atomic mass is 10.0. The Labute approximate surface area is 170 Å². The minimum absolute atomic E-state index is 0.0169. The third-order valence-electron chi connectivity index (χ3n) is 4.79. The Balaban J connectivity index is 1.97. The Kier molecular flexibility index (Phi) is 6.96. The molecule has 2 heterocycles. The Morgan fingerprint density at radius 3 is 2.59 bits per heavy atom. The highest BCUT2D eigenvalue weighted by molar-refractivity contribution is 5.88. The molecule has 0 aliphatic carbocycles. The maximum atomic E-state index is 12.8. The molecule has 1 aliphatic heterocycles. The van der Waals surface area contributed by atoms with Crippen molar-refractivity contribution in [2.75, 3.05) is 38.3 Å². The first-order valence-electron chi connectivity index (χ1n) is 9.86. The predicted octanol–water partition coefficient (Wildman–Crippen LogP) is 2.00. The summed E-state index contributed by atoms with van der Waals surface area (Å²) in [4.78, 5) is 24.3. The zero-order valence-electron chi connectivity index (χ0n) is 17.1. The van der Waals surface area contributed by atoms with E-state index in [2.05, 4.69) is 21.3 Å². The van der Waals surface area contributed by atoms with Crippen molar-refractivity contribution in [3.8, 4) is 6.07 Å². The van der Waals surface area contributed by atoms with E-state index in [-0.39, 0.29) is 18.1 Å². The molecule has 3 rings (SSSR count). The SMILES string of the molecule is COCCCNC(=O)[C@H](C#N)c1nc2ccccc2nc1N1C[C@@H](C)O[C@H](C)C1. The molecule has 1 amide bonds. The van der Waals surface area contributed by atoms with Crippen LogP contribution in [0.4, 0.5) is 5.82 Å². The smallest absolute Gasteiger partial charge is 0.243 e. The first-order valence-corrected chi connectivity index (χ1v) is 9.86. The second-order valence-corrected chi connectivity index (χ2v) is 7.28. The Bertz CT molecular complexity index is 888. The Morgan fingerprint density at radius 1 is 1.31 bits per heavy atom. The number of ether oxygens (including phenoxy) is 2. The molecule has 2 aromatic rings. The van der Waals surface area contributed by atoms with Gasteiger partial charge in [0.05, 0.1) is 29.3 Å². The van der Waals surface area contributed by atoms with Crippen LogP contribution >= 0.6 is 0 Å². The standard InChI is InChI=1S/C21H27N5O3/c1-14-12-26(13-15(2)29-14)20-19(24-17-7-4-5-8-18(17)25-20)16(11-22)21(27)23-9-6-10-28-3/h4-5,7-8,14-16H,6,9-10,12-13H2,1-3H3,(H,23,27)/t14-,15-,16-/m1/s1. The van der Waals surface area contributed by atoms with Crippen molar-refractivity contribution in [3.63, 3.8) is 0 Å². The predicted molar refractivity (Wildman–Crippen MR) is 110 cm³/mol. The van der Waals surface area contributed by atoms with Crippen LogP contribution in [-0.4, -0.2) is 61.4 Å². The third kappa shape index (κ3) is 5.00. The molecule has 1 N–H and O–H groups in total. The van der Waals surface area contributed by atoms with E-state index in [1.807, 2.05) is 38.1 Å². The topological polar surface area (TPSA) is 100 Å². The van der Waals surface area contributed by atoms with Crippen LogP contribution < -0.4 is 10.2 Å². The molecule has 8 heteroatoms. The van der Waals surface area contributed by atoms with Crippen LogP contribution in [0.2, 0.25) is 0 Å². The summed E-state index contributed by atoms with van der Waals surface area (Å²) >= 11 is 0. The number of carbonyl (C=O) groups is 1. The fourth-order valence-corrected chi connectivity index (χ4v) is 3.56. The largest absolute Gasteiger partial charge is 0.385 e. The molecule has 0 saturated carbocycles. The highest BCUT2D eigenvalue weighted by Gasteiger charge is 2.31. The molecule has 8 nitrogen and oxygen atoms in total. The molecule has 1 aromatic heterocycles. The molecule has 1 saturated heterocycles. The molecule has 29 heavy (non-hydrogen) atoms. The third-order valence-corrected chi connectivity index (χ3v) is 4.79. The molecule has 0 unspecified atom stereocenters. The van der Waals surface area contributed by atoms with E-state index in [4.69, 9.17) is 14.5 Å². The molecule has 0 spiro atoms. The van der Waals surface area contributed by atoms with Crippen molar-refractivity contribution >= 4 is 22.8 Å². The van der Waals surface area contributed by atoms with Gasteiger partial charge in [0.15, 0.2) is 11.7 Å². The van der Waals surface area contributed by atoms with E-state index in [1.165, 1.54) is 0 Å². The Hall–Kier alpha value is -2.76. The number of para-hydroxylation sites is 2. The van der Waals surface area contributed by atoms with Crippen molar-refractivity contribution < 1.29 is 14.3 Å². The van der Waals surface area contributed by atoms with Gasteiger partial charge in [0.2, 0.25) is 5.91 Å². The number of nitrogens with one attached hydrogen (secondary N) is 1. The van der Waals surface area contributed by atoms with Gasteiger partial charge in [0.25, 0.3) is 0 Å². The summed E-state index contributed by atoms with van der Waals surface area (Å²) in [6.45, 7) is 6.23. The number of carbonyl (C=O) groups excluding carboxylic acids is 1. The average Bonchev–Trinajstić information content (AvgIpc) is 2.70. The van der Waals surface area contributed by atoms with Crippen LogP contribution in [0.5, 0.6) is 0 Å². The number of morpholine rings is 1. The minimum Gasteiger partial charge on any atom is -0.385 e. The van der Waals surface area contributed by atoms with Gasteiger partial charge in [-0.05, 0) is 32.4 Å². The number of aromatic nitrogens is 2. The number of hydrogen-bond acceptors (Lipinski definition) is 7. The first-order chi connectivity index (χ1) is 14.0. The molecular weight excluding hydrogens is 370 g/mol. The number of benzene rings is 1. The van der Waals surface area contributed by atoms with E-state index >= 15 is 0 Å². The van der Waals surface area contributed by atoms with Gasteiger partial charge in [-0.25, -0.2) is 9.97 Å². The lowest BCUT2D eigenvalue weighted by Gasteiger charge is -2.37. The highest BCUT2D eigenvalue weighted by Crippen LogP contribution is 2.29. The van der Waals surface area contributed by atoms with Crippen LogP contribution in [0.25, 0.3) is 11.0 Å². The second-order valence-electron chi connectivity index (χ2n) is 7.28. The molecule has 1 aliphatic rings. The van der Waals surface area contributed by atoms with Crippen molar-refractivity contribution in [1.29, 1.82) is 5.26 Å². The van der Waals surface area contributed by atoms with Gasteiger partial charge in [-0.2, -0.15) is 5.26 Å². The first kappa shape index (κ1) is 21.0. The molecular formula is C21H27N5O3. The maximum absolute atomic E-state index is 12.8. The van der Waals surface area contributed by atoms with Crippen LogP contribution in [0.1, 0.15) is 31.9 Å². The zero-order chi connectivity index (χ0) is 20.8. The van der Waals surface area contributed by atoms with E-state index in [0.29, 0.717) is 49.7 Å². The number of fused-ring (bicyclic) bond motifs is 1.